The van der Waals surface area contributed by atoms with E-state index in [9.17, 15) is 9.18 Å². The van der Waals surface area contributed by atoms with Gasteiger partial charge in [-0.25, -0.2) is 9.07 Å². The summed E-state index contributed by atoms with van der Waals surface area (Å²) >= 11 is 1.49. The van der Waals surface area contributed by atoms with E-state index in [1.54, 1.807) is 16.8 Å². The number of nitrogens with zero attached hydrogens (tertiary/aromatic N) is 2. The number of thiophene rings is 1. The van der Waals surface area contributed by atoms with Crippen molar-refractivity contribution >= 4 is 17.2 Å². The quantitative estimate of drug-likeness (QED) is 0.304. The van der Waals surface area contributed by atoms with E-state index < -0.39 is 0 Å². The number of amides is 1. The molecule has 1 N–H and O–H groups in total. The van der Waals surface area contributed by atoms with Crippen LogP contribution in [-0.4, -0.2) is 15.7 Å². The summed E-state index contributed by atoms with van der Waals surface area (Å²) in [5, 5.41) is 7.77. The number of rotatable bonds is 6. The number of nitrogens with one attached hydrogen (secondary N) is 1. The lowest BCUT2D eigenvalue weighted by atomic mass is 10.1. The van der Waals surface area contributed by atoms with Crippen molar-refractivity contribution in [3.05, 3.63) is 119 Å². The molecule has 1 amide bonds. The molecule has 5 rings (SSSR count). The minimum Gasteiger partial charge on any atom is -0.347 e. The average Bonchev–Trinajstić information content (AvgIpc) is 3.48. The maximum absolute atomic E-state index is 13.5. The van der Waals surface area contributed by atoms with Crippen molar-refractivity contribution < 1.29 is 9.18 Å². The summed E-state index contributed by atoms with van der Waals surface area (Å²) in [4.78, 5) is 14.8. The Labute approximate surface area is 201 Å². The van der Waals surface area contributed by atoms with E-state index in [2.05, 4.69) is 5.32 Å². The van der Waals surface area contributed by atoms with E-state index in [1.165, 1.54) is 23.5 Å². The summed E-state index contributed by atoms with van der Waals surface area (Å²) in [6.07, 6.45) is 1.91. The van der Waals surface area contributed by atoms with Crippen LogP contribution in [0.15, 0.2) is 97.2 Å². The van der Waals surface area contributed by atoms with Gasteiger partial charge in [0.15, 0.2) is 0 Å². The summed E-state index contributed by atoms with van der Waals surface area (Å²) < 4.78 is 15.3. The molecule has 0 radical (unpaired) electrons. The maximum Gasteiger partial charge on any atom is 0.261 e. The average molecular weight is 468 g/mol. The highest BCUT2D eigenvalue weighted by molar-refractivity contribution is 7.17. The molecule has 3 aromatic carbocycles. The predicted octanol–water partition coefficient (Wildman–Crippen LogP) is 6.65. The van der Waals surface area contributed by atoms with Gasteiger partial charge in [0.2, 0.25) is 0 Å². The second-order valence-corrected chi connectivity index (χ2v) is 9.01. The number of para-hydroxylation sites is 1. The van der Waals surface area contributed by atoms with Crippen molar-refractivity contribution in [2.24, 2.45) is 0 Å². The molecule has 0 saturated heterocycles. The molecule has 34 heavy (non-hydrogen) atoms. The zero-order valence-corrected chi connectivity index (χ0v) is 19.4. The van der Waals surface area contributed by atoms with Gasteiger partial charge in [-0.2, -0.15) is 5.10 Å². The van der Waals surface area contributed by atoms with Crippen LogP contribution in [0.3, 0.4) is 0 Å². The molecule has 5 aromatic rings. The van der Waals surface area contributed by atoms with Gasteiger partial charge in [-0.05, 0) is 60.5 Å². The molecular formula is C28H22FN3OS. The van der Waals surface area contributed by atoms with Crippen LogP contribution < -0.4 is 5.32 Å². The summed E-state index contributed by atoms with van der Waals surface area (Å²) in [7, 11) is 0. The first-order valence-electron chi connectivity index (χ1n) is 10.9. The number of carbonyl (C=O) groups excluding carboxylic acids is 1. The third-order valence-corrected chi connectivity index (χ3v) is 6.83. The van der Waals surface area contributed by atoms with Gasteiger partial charge in [-0.3, -0.25) is 4.79 Å². The summed E-state index contributed by atoms with van der Waals surface area (Å²) in [5.74, 6) is -0.434. The van der Waals surface area contributed by atoms with E-state index in [0.717, 1.165) is 32.8 Å². The number of benzene rings is 3. The number of aromatic nitrogens is 2. The zero-order valence-electron chi connectivity index (χ0n) is 18.5. The fourth-order valence-electron chi connectivity index (χ4n) is 3.84. The van der Waals surface area contributed by atoms with Crippen LogP contribution >= 0.6 is 11.3 Å². The Morgan fingerprint density at radius 1 is 0.941 bits per heavy atom. The minimum atomic E-state index is -0.302. The van der Waals surface area contributed by atoms with Crippen molar-refractivity contribution in [3.63, 3.8) is 0 Å². The lowest BCUT2D eigenvalue weighted by molar-refractivity contribution is 0.0955. The second kappa shape index (κ2) is 9.45. The van der Waals surface area contributed by atoms with Crippen LogP contribution in [0, 0.1) is 12.7 Å². The van der Waals surface area contributed by atoms with E-state index in [0.29, 0.717) is 17.1 Å². The number of hydrogen-bond acceptors (Lipinski definition) is 3. The van der Waals surface area contributed by atoms with Gasteiger partial charge in [0.05, 0.1) is 16.3 Å². The normalized spacial score (nSPS) is 10.9. The Kier molecular flexibility index (Phi) is 6.06. The van der Waals surface area contributed by atoms with Crippen molar-refractivity contribution in [2.45, 2.75) is 13.5 Å². The van der Waals surface area contributed by atoms with E-state index in [1.807, 2.05) is 79.9 Å². The number of hydrogen-bond donors (Lipinski definition) is 1. The molecule has 168 valence electrons. The van der Waals surface area contributed by atoms with Crippen LogP contribution in [0.25, 0.3) is 27.4 Å². The SMILES string of the molecule is Cc1cc(C(=O)NCc2cn(-c3ccccc3)nc2-c2ccc(F)cc2)sc1-c1ccccc1. The van der Waals surface area contributed by atoms with Crippen molar-refractivity contribution in [2.75, 3.05) is 0 Å². The van der Waals surface area contributed by atoms with Gasteiger partial charge in [0.25, 0.3) is 5.91 Å². The summed E-state index contributed by atoms with van der Waals surface area (Å²) in [6, 6.07) is 28.0. The standard InChI is InChI=1S/C28H22FN3OS/c1-19-16-25(34-27(19)21-8-4-2-5-9-21)28(33)30-17-22-18-32(24-10-6-3-7-11-24)31-26(22)20-12-14-23(29)15-13-20/h2-16,18H,17H2,1H3,(H,30,33). The Morgan fingerprint density at radius 3 is 2.32 bits per heavy atom. The largest absolute Gasteiger partial charge is 0.347 e. The fourth-order valence-corrected chi connectivity index (χ4v) is 4.93. The van der Waals surface area contributed by atoms with Crippen molar-refractivity contribution in [1.29, 1.82) is 0 Å². The van der Waals surface area contributed by atoms with Crippen LogP contribution in [0.4, 0.5) is 4.39 Å². The molecular weight excluding hydrogens is 445 g/mol. The molecule has 0 aliphatic rings. The number of halogens is 1. The van der Waals surface area contributed by atoms with Gasteiger partial charge >= 0.3 is 0 Å². The third kappa shape index (κ3) is 4.54. The lowest BCUT2D eigenvalue weighted by Crippen LogP contribution is -2.21. The van der Waals surface area contributed by atoms with E-state index in [-0.39, 0.29) is 11.7 Å². The van der Waals surface area contributed by atoms with Crippen LogP contribution in [0.2, 0.25) is 0 Å². The van der Waals surface area contributed by atoms with E-state index >= 15 is 0 Å². The lowest BCUT2D eigenvalue weighted by Gasteiger charge is -2.05. The third-order valence-electron chi connectivity index (χ3n) is 5.55. The molecule has 0 fully saturated rings. The topological polar surface area (TPSA) is 46.9 Å². The van der Waals surface area contributed by atoms with Crippen LogP contribution in [-0.2, 0) is 6.54 Å². The van der Waals surface area contributed by atoms with E-state index in [4.69, 9.17) is 5.10 Å². The monoisotopic (exact) mass is 467 g/mol. The first-order chi connectivity index (χ1) is 16.6. The fraction of sp³-hybridized carbons (Fsp3) is 0.0714. The molecule has 0 saturated carbocycles. The van der Waals surface area contributed by atoms with Crippen molar-refractivity contribution in [1.82, 2.24) is 15.1 Å². The Hall–Kier alpha value is -4.03. The Bertz CT molecular complexity index is 1420. The molecule has 4 nitrogen and oxygen atoms in total. The molecule has 6 heteroatoms. The molecule has 0 spiro atoms. The molecule has 0 atom stereocenters. The van der Waals surface area contributed by atoms with Gasteiger partial charge in [0.1, 0.15) is 5.82 Å². The maximum atomic E-state index is 13.5. The number of aryl methyl sites for hydroxylation is 1. The predicted molar refractivity (Wildman–Crippen MR) is 135 cm³/mol. The molecule has 0 bridgehead atoms. The minimum absolute atomic E-state index is 0.132. The smallest absolute Gasteiger partial charge is 0.261 e. The van der Waals surface area contributed by atoms with Crippen molar-refractivity contribution in [3.8, 4) is 27.4 Å². The summed E-state index contributed by atoms with van der Waals surface area (Å²) in [5.41, 5.74) is 5.43. The van der Waals surface area contributed by atoms with Gasteiger partial charge < -0.3 is 5.32 Å². The van der Waals surface area contributed by atoms with Crippen LogP contribution in [0.5, 0.6) is 0 Å². The molecule has 0 aliphatic heterocycles. The van der Waals surface area contributed by atoms with Crippen LogP contribution in [0.1, 0.15) is 20.8 Å². The molecule has 2 heterocycles. The Morgan fingerprint density at radius 2 is 1.62 bits per heavy atom. The second-order valence-electron chi connectivity index (χ2n) is 7.96. The molecule has 0 aliphatic carbocycles. The molecule has 2 aromatic heterocycles. The highest BCUT2D eigenvalue weighted by Gasteiger charge is 2.17. The highest BCUT2D eigenvalue weighted by atomic mass is 32.1. The first kappa shape index (κ1) is 21.8. The first-order valence-corrected chi connectivity index (χ1v) is 11.7. The highest BCUT2D eigenvalue weighted by Crippen LogP contribution is 2.32. The molecule has 0 unspecified atom stereocenters. The Balaban J connectivity index is 1.41. The van der Waals surface area contributed by atoms with Gasteiger partial charge in [-0.15, -0.1) is 11.3 Å². The van der Waals surface area contributed by atoms with Gasteiger partial charge in [0, 0.05) is 28.7 Å². The van der Waals surface area contributed by atoms with Gasteiger partial charge in [-0.1, -0.05) is 48.5 Å². The summed E-state index contributed by atoms with van der Waals surface area (Å²) in [6.45, 7) is 2.32. The number of carbonyl (C=O) groups is 1. The zero-order chi connectivity index (χ0) is 23.5.